The highest BCUT2D eigenvalue weighted by Crippen LogP contribution is 2.43. The summed E-state index contributed by atoms with van der Waals surface area (Å²) in [4.78, 5) is 3.91. The summed E-state index contributed by atoms with van der Waals surface area (Å²) in [6.07, 6.45) is -9.99. The van der Waals surface area contributed by atoms with Crippen molar-refractivity contribution in [2.75, 3.05) is 0 Å². The van der Waals surface area contributed by atoms with Crippen LogP contribution in [0, 0.1) is 5.41 Å². The van der Waals surface area contributed by atoms with Gasteiger partial charge in [0, 0.05) is 16.7 Å². The molecule has 0 atom stereocenters. The van der Waals surface area contributed by atoms with Crippen molar-refractivity contribution in [3.05, 3.63) is 70.3 Å². The van der Waals surface area contributed by atoms with E-state index in [2.05, 4.69) is 4.99 Å². The van der Waals surface area contributed by atoms with Crippen LogP contribution in [0.4, 0.5) is 26.3 Å². The fraction of sp³-hybridized carbons (Fsp3) is 0.250. The minimum absolute atomic E-state index is 0.0914. The molecule has 0 unspecified atom stereocenters. The molecule has 0 radical (unpaired) electrons. The van der Waals surface area contributed by atoms with Crippen LogP contribution in [0.5, 0.6) is 0 Å². The first-order valence-corrected chi connectivity index (χ1v) is 9.92. The molecule has 3 aromatic carbocycles. The number of hydrogen-bond acceptors (Lipinski definition) is 2. The van der Waals surface area contributed by atoms with Gasteiger partial charge in [-0.15, -0.1) is 0 Å². The van der Waals surface area contributed by atoms with E-state index in [9.17, 15) is 26.3 Å². The number of fused-ring (bicyclic) bond motifs is 2. The van der Waals surface area contributed by atoms with Gasteiger partial charge >= 0.3 is 12.4 Å². The standard InChI is InChI=1S/C24H19F6N3/c1-22(2,3)13-5-4-11-8-17-19(21(32)33-20(17)31)18(16(11)10-13)12-6-14(23(25,26)27)9-15(7-12)24(28,29)30/h4-10H,1-3H3,(H3,31,32,33). The third kappa shape index (κ3) is 3.96. The first-order chi connectivity index (χ1) is 15.1. The monoisotopic (exact) mass is 463 g/mol. The molecular weight excluding hydrogens is 444 g/mol. The molecule has 0 bridgehead atoms. The van der Waals surface area contributed by atoms with E-state index in [-0.39, 0.29) is 45.4 Å². The van der Waals surface area contributed by atoms with Crippen LogP contribution < -0.4 is 5.73 Å². The van der Waals surface area contributed by atoms with Crippen LogP contribution >= 0.6 is 0 Å². The molecule has 0 aromatic heterocycles. The van der Waals surface area contributed by atoms with E-state index in [0.717, 1.165) is 5.56 Å². The number of nitrogens with one attached hydrogen (secondary N) is 1. The zero-order valence-electron chi connectivity index (χ0n) is 17.8. The maximum atomic E-state index is 13.5. The number of nitrogens with zero attached hydrogens (tertiary/aromatic N) is 1. The average molecular weight is 463 g/mol. The second-order valence-electron chi connectivity index (χ2n) is 9.00. The van der Waals surface area contributed by atoms with Crippen molar-refractivity contribution < 1.29 is 26.3 Å². The fourth-order valence-electron chi connectivity index (χ4n) is 3.95. The van der Waals surface area contributed by atoms with Crippen molar-refractivity contribution in [2.24, 2.45) is 10.7 Å². The molecule has 0 amide bonds. The molecule has 0 spiro atoms. The lowest BCUT2D eigenvalue weighted by Crippen LogP contribution is -2.15. The highest BCUT2D eigenvalue weighted by Gasteiger charge is 2.38. The Kier molecular flexibility index (Phi) is 4.89. The molecule has 0 aliphatic carbocycles. The van der Waals surface area contributed by atoms with Crippen molar-refractivity contribution in [2.45, 2.75) is 38.5 Å². The fourth-order valence-corrected chi connectivity index (χ4v) is 3.95. The summed E-state index contributed by atoms with van der Waals surface area (Å²) in [5.74, 6) is -0.326. The first kappa shape index (κ1) is 22.8. The third-order valence-electron chi connectivity index (χ3n) is 5.63. The van der Waals surface area contributed by atoms with Crippen molar-refractivity contribution in [1.82, 2.24) is 0 Å². The SMILES string of the molecule is CC(C)(C)c1ccc2cc3c(c(-c4cc(C(F)(F)F)cc(C(F)(F)F)c4)c2c1)C(N)=NC3=N. The van der Waals surface area contributed by atoms with Gasteiger partial charge in [0.15, 0.2) is 5.84 Å². The maximum Gasteiger partial charge on any atom is 0.416 e. The second kappa shape index (κ2) is 7.07. The summed E-state index contributed by atoms with van der Waals surface area (Å²) in [6, 6.07) is 8.41. The van der Waals surface area contributed by atoms with E-state index < -0.39 is 23.5 Å². The summed E-state index contributed by atoms with van der Waals surface area (Å²) < 4.78 is 81.3. The van der Waals surface area contributed by atoms with E-state index in [4.69, 9.17) is 11.1 Å². The van der Waals surface area contributed by atoms with Crippen molar-refractivity contribution in [3.63, 3.8) is 0 Å². The van der Waals surface area contributed by atoms with Crippen LogP contribution in [0.2, 0.25) is 0 Å². The summed E-state index contributed by atoms with van der Waals surface area (Å²) in [6.45, 7) is 5.83. The average Bonchev–Trinajstić information content (AvgIpc) is 2.96. The molecule has 172 valence electrons. The number of nitrogens with two attached hydrogens (primary N) is 1. The third-order valence-corrected chi connectivity index (χ3v) is 5.63. The van der Waals surface area contributed by atoms with E-state index >= 15 is 0 Å². The lowest BCUT2D eigenvalue weighted by molar-refractivity contribution is -0.143. The van der Waals surface area contributed by atoms with Crippen LogP contribution in [0.1, 0.15) is 48.6 Å². The van der Waals surface area contributed by atoms with Crippen LogP contribution in [-0.4, -0.2) is 11.7 Å². The number of amidine groups is 2. The number of aliphatic imine (C=N–C) groups is 1. The molecule has 9 heteroatoms. The largest absolute Gasteiger partial charge is 0.416 e. The summed E-state index contributed by atoms with van der Waals surface area (Å²) in [5, 5.41) is 9.08. The van der Waals surface area contributed by atoms with E-state index in [1.165, 1.54) is 0 Å². The van der Waals surface area contributed by atoms with E-state index in [1.807, 2.05) is 26.8 Å². The zero-order chi connectivity index (χ0) is 24.5. The Balaban J connectivity index is 2.18. The number of halogens is 6. The van der Waals surface area contributed by atoms with Gasteiger partial charge in [-0.25, -0.2) is 4.99 Å². The Labute approximate surface area is 185 Å². The van der Waals surface area contributed by atoms with Gasteiger partial charge in [0.1, 0.15) is 5.84 Å². The predicted octanol–water partition coefficient (Wildman–Crippen LogP) is 6.89. The molecule has 1 aliphatic rings. The van der Waals surface area contributed by atoms with Gasteiger partial charge in [-0.3, -0.25) is 5.41 Å². The summed E-state index contributed by atoms with van der Waals surface area (Å²) in [5.41, 5.74) is 3.87. The molecule has 0 fully saturated rings. The topological polar surface area (TPSA) is 62.2 Å². The van der Waals surface area contributed by atoms with Gasteiger partial charge < -0.3 is 5.73 Å². The molecule has 33 heavy (non-hydrogen) atoms. The molecule has 4 rings (SSSR count). The molecular formula is C24H19F6N3. The van der Waals surface area contributed by atoms with Crippen LogP contribution in [0.25, 0.3) is 21.9 Å². The maximum absolute atomic E-state index is 13.5. The summed E-state index contributed by atoms with van der Waals surface area (Å²) >= 11 is 0. The molecule has 3 aromatic rings. The molecule has 3 N–H and O–H groups in total. The molecule has 1 aliphatic heterocycles. The normalized spacial score (nSPS) is 14.6. The highest BCUT2D eigenvalue weighted by molar-refractivity contribution is 6.27. The van der Waals surface area contributed by atoms with Gasteiger partial charge in [0.2, 0.25) is 0 Å². The van der Waals surface area contributed by atoms with Crippen LogP contribution in [-0.2, 0) is 17.8 Å². The lowest BCUT2D eigenvalue weighted by atomic mass is 9.82. The second-order valence-corrected chi connectivity index (χ2v) is 9.00. The lowest BCUT2D eigenvalue weighted by Gasteiger charge is -2.22. The van der Waals surface area contributed by atoms with Crippen LogP contribution in [0.15, 0.2) is 47.5 Å². The van der Waals surface area contributed by atoms with E-state index in [0.29, 0.717) is 22.9 Å². The molecule has 3 nitrogen and oxygen atoms in total. The molecule has 0 saturated heterocycles. The van der Waals surface area contributed by atoms with Gasteiger partial charge in [-0.2, -0.15) is 26.3 Å². The number of alkyl halides is 6. The Hall–Kier alpha value is -3.36. The van der Waals surface area contributed by atoms with E-state index in [1.54, 1.807) is 18.2 Å². The van der Waals surface area contributed by atoms with Gasteiger partial charge in [-0.1, -0.05) is 32.9 Å². The Morgan fingerprint density at radius 3 is 1.85 bits per heavy atom. The first-order valence-electron chi connectivity index (χ1n) is 9.92. The van der Waals surface area contributed by atoms with Gasteiger partial charge in [0.05, 0.1) is 11.1 Å². The quantitative estimate of drug-likeness (QED) is 0.380. The molecule has 1 heterocycles. The van der Waals surface area contributed by atoms with Crippen molar-refractivity contribution in [1.29, 1.82) is 5.41 Å². The smallest absolute Gasteiger partial charge is 0.383 e. The van der Waals surface area contributed by atoms with Crippen molar-refractivity contribution >= 4 is 22.4 Å². The van der Waals surface area contributed by atoms with Crippen molar-refractivity contribution in [3.8, 4) is 11.1 Å². The molecule has 0 saturated carbocycles. The Bertz CT molecular complexity index is 1310. The summed E-state index contributed by atoms with van der Waals surface area (Å²) in [7, 11) is 0. The minimum atomic E-state index is -4.99. The Morgan fingerprint density at radius 1 is 0.758 bits per heavy atom. The predicted molar refractivity (Wildman–Crippen MR) is 116 cm³/mol. The van der Waals surface area contributed by atoms with Gasteiger partial charge in [-0.05, 0) is 57.6 Å². The zero-order valence-corrected chi connectivity index (χ0v) is 17.8. The number of hydrogen-bond donors (Lipinski definition) is 2. The highest BCUT2D eigenvalue weighted by atomic mass is 19.4. The number of benzene rings is 3. The van der Waals surface area contributed by atoms with Gasteiger partial charge in [0.25, 0.3) is 0 Å². The Morgan fingerprint density at radius 2 is 1.33 bits per heavy atom. The minimum Gasteiger partial charge on any atom is -0.383 e. The number of rotatable bonds is 1. The van der Waals surface area contributed by atoms with Crippen LogP contribution in [0.3, 0.4) is 0 Å².